The van der Waals surface area contributed by atoms with Crippen molar-refractivity contribution in [3.8, 4) is 0 Å². The van der Waals surface area contributed by atoms with Crippen LogP contribution in [0.3, 0.4) is 0 Å². The molecular weight excluding hydrogens is 320 g/mol. The predicted molar refractivity (Wildman–Crippen MR) is 75.7 cm³/mol. The summed E-state index contributed by atoms with van der Waals surface area (Å²) in [5, 5.41) is 2.97. The van der Waals surface area contributed by atoms with Crippen LogP contribution in [0.4, 0.5) is 5.82 Å². The minimum Gasteiger partial charge on any atom is -0.320 e. The molecule has 0 unspecified atom stereocenters. The number of halogens is 1. The molecular formula is C10H17BrN4O2S. The van der Waals surface area contributed by atoms with Crippen molar-refractivity contribution in [1.82, 2.24) is 14.6 Å². The lowest BCUT2D eigenvalue weighted by atomic mass is 10.4. The first-order chi connectivity index (χ1) is 8.47. The van der Waals surface area contributed by atoms with Gasteiger partial charge >= 0.3 is 10.2 Å². The molecule has 0 radical (unpaired) electrons. The molecule has 18 heavy (non-hydrogen) atoms. The zero-order valence-corrected chi connectivity index (χ0v) is 12.8. The van der Waals surface area contributed by atoms with Crippen LogP contribution < -0.4 is 10.0 Å². The average Bonchev–Trinajstić information content (AvgIpc) is 2.32. The molecule has 0 atom stereocenters. The topological polar surface area (TPSA) is 74.3 Å². The monoisotopic (exact) mass is 336 g/mol. The molecule has 0 bridgehead atoms. The van der Waals surface area contributed by atoms with Gasteiger partial charge in [-0.3, -0.25) is 4.72 Å². The molecule has 8 heteroatoms. The Kier molecular flexibility index (Phi) is 6.00. The third-order valence-corrected chi connectivity index (χ3v) is 4.39. The number of anilines is 1. The molecule has 0 saturated heterocycles. The quantitative estimate of drug-likeness (QED) is 0.729. The number of hydrogen-bond donors (Lipinski definition) is 2. The van der Waals surface area contributed by atoms with Crippen LogP contribution in [0, 0.1) is 0 Å². The highest BCUT2D eigenvalue weighted by Gasteiger charge is 2.18. The van der Waals surface area contributed by atoms with E-state index in [0.717, 1.165) is 13.0 Å². The fourth-order valence-corrected chi connectivity index (χ4v) is 2.68. The summed E-state index contributed by atoms with van der Waals surface area (Å²) < 4.78 is 28.3. The second kappa shape index (κ2) is 7.03. The highest BCUT2D eigenvalue weighted by Crippen LogP contribution is 2.19. The predicted octanol–water partition coefficient (Wildman–Crippen LogP) is 1.04. The number of nitrogens with one attached hydrogen (secondary N) is 2. The fourth-order valence-electron chi connectivity index (χ4n) is 1.26. The molecule has 1 heterocycles. The molecule has 0 fully saturated rings. The maximum atomic E-state index is 12.0. The van der Waals surface area contributed by atoms with E-state index in [1.165, 1.54) is 17.5 Å². The molecule has 1 aromatic heterocycles. The van der Waals surface area contributed by atoms with Crippen LogP contribution in [-0.4, -0.2) is 44.9 Å². The number of pyridine rings is 1. The molecule has 0 amide bonds. The summed E-state index contributed by atoms with van der Waals surface area (Å²) >= 11 is 3.24. The Morgan fingerprint density at radius 1 is 1.50 bits per heavy atom. The van der Waals surface area contributed by atoms with Crippen molar-refractivity contribution in [1.29, 1.82) is 0 Å². The van der Waals surface area contributed by atoms with Crippen LogP contribution in [0.25, 0.3) is 0 Å². The summed E-state index contributed by atoms with van der Waals surface area (Å²) in [6.45, 7) is 1.22. The Hall–Kier alpha value is -0.700. The maximum absolute atomic E-state index is 12.0. The van der Waals surface area contributed by atoms with Gasteiger partial charge in [-0.25, -0.2) is 4.98 Å². The maximum Gasteiger partial charge on any atom is 0.302 e. The SMILES string of the molecule is CNCCCN(C)S(=O)(=O)Nc1ncccc1Br. The first-order valence-electron chi connectivity index (χ1n) is 5.46. The highest BCUT2D eigenvalue weighted by molar-refractivity contribution is 9.10. The smallest absolute Gasteiger partial charge is 0.302 e. The third kappa shape index (κ3) is 4.52. The van der Waals surface area contributed by atoms with Gasteiger partial charge in [0, 0.05) is 19.8 Å². The van der Waals surface area contributed by atoms with Gasteiger partial charge in [-0.2, -0.15) is 12.7 Å². The molecule has 1 rings (SSSR count). The molecule has 0 saturated carbocycles. The molecule has 0 spiro atoms. The Morgan fingerprint density at radius 3 is 2.83 bits per heavy atom. The first kappa shape index (κ1) is 15.4. The summed E-state index contributed by atoms with van der Waals surface area (Å²) in [6, 6.07) is 3.45. The van der Waals surface area contributed by atoms with E-state index in [4.69, 9.17) is 0 Å². The summed E-state index contributed by atoms with van der Waals surface area (Å²) in [5.74, 6) is 0.290. The third-order valence-electron chi connectivity index (χ3n) is 2.29. The van der Waals surface area contributed by atoms with Gasteiger partial charge in [-0.1, -0.05) is 0 Å². The standard InChI is InChI=1S/C10H17BrN4O2S/c1-12-6-4-8-15(2)18(16,17)14-10-9(11)5-3-7-13-10/h3,5,7,12H,4,6,8H2,1-2H3,(H,13,14). The van der Waals surface area contributed by atoms with Crippen molar-refractivity contribution in [2.75, 3.05) is 31.9 Å². The van der Waals surface area contributed by atoms with E-state index in [9.17, 15) is 8.42 Å². The summed E-state index contributed by atoms with van der Waals surface area (Å²) in [7, 11) is -0.186. The largest absolute Gasteiger partial charge is 0.320 e. The summed E-state index contributed by atoms with van der Waals surface area (Å²) in [6.07, 6.45) is 2.28. The van der Waals surface area contributed by atoms with Gasteiger partial charge < -0.3 is 5.32 Å². The Balaban J connectivity index is 2.67. The van der Waals surface area contributed by atoms with Crippen molar-refractivity contribution >= 4 is 32.0 Å². The van der Waals surface area contributed by atoms with E-state index in [1.807, 2.05) is 7.05 Å². The van der Waals surface area contributed by atoms with Crippen LogP contribution in [0.1, 0.15) is 6.42 Å². The van der Waals surface area contributed by atoms with E-state index in [1.54, 1.807) is 12.1 Å². The van der Waals surface area contributed by atoms with Gasteiger partial charge in [-0.05, 0) is 48.1 Å². The van der Waals surface area contributed by atoms with Gasteiger partial charge in [0.2, 0.25) is 0 Å². The summed E-state index contributed by atoms with van der Waals surface area (Å²) in [4.78, 5) is 3.97. The van der Waals surface area contributed by atoms with Crippen LogP contribution >= 0.6 is 15.9 Å². The molecule has 1 aromatic rings. The number of rotatable bonds is 7. The van der Waals surface area contributed by atoms with Crippen molar-refractivity contribution in [3.63, 3.8) is 0 Å². The van der Waals surface area contributed by atoms with Gasteiger partial charge in [0.15, 0.2) is 5.82 Å². The summed E-state index contributed by atoms with van der Waals surface area (Å²) in [5.41, 5.74) is 0. The van der Waals surface area contributed by atoms with Crippen LogP contribution in [0.2, 0.25) is 0 Å². The molecule has 2 N–H and O–H groups in total. The minimum absolute atomic E-state index is 0.290. The molecule has 0 aliphatic heterocycles. The fraction of sp³-hybridized carbons (Fsp3) is 0.500. The molecule has 0 aromatic carbocycles. The van der Waals surface area contributed by atoms with E-state index in [0.29, 0.717) is 11.0 Å². The average molecular weight is 337 g/mol. The normalized spacial score (nSPS) is 11.8. The highest BCUT2D eigenvalue weighted by atomic mass is 79.9. The van der Waals surface area contributed by atoms with Crippen LogP contribution in [-0.2, 0) is 10.2 Å². The van der Waals surface area contributed by atoms with Crippen LogP contribution in [0.5, 0.6) is 0 Å². The van der Waals surface area contributed by atoms with E-state index < -0.39 is 10.2 Å². The van der Waals surface area contributed by atoms with Gasteiger partial charge in [0.1, 0.15) is 0 Å². The number of hydrogen-bond acceptors (Lipinski definition) is 4. The lowest BCUT2D eigenvalue weighted by Gasteiger charge is -2.18. The minimum atomic E-state index is -3.55. The first-order valence-corrected chi connectivity index (χ1v) is 7.70. The zero-order valence-electron chi connectivity index (χ0n) is 10.4. The van der Waals surface area contributed by atoms with Crippen molar-refractivity contribution in [3.05, 3.63) is 22.8 Å². The van der Waals surface area contributed by atoms with Crippen molar-refractivity contribution < 1.29 is 8.42 Å². The second-order valence-electron chi connectivity index (χ2n) is 3.72. The lowest BCUT2D eigenvalue weighted by Crippen LogP contribution is -2.34. The second-order valence-corrected chi connectivity index (χ2v) is 6.35. The van der Waals surface area contributed by atoms with Gasteiger partial charge in [-0.15, -0.1) is 0 Å². The van der Waals surface area contributed by atoms with Gasteiger partial charge in [0.05, 0.1) is 4.47 Å². The Labute approximate surface area is 116 Å². The van der Waals surface area contributed by atoms with E-state index in [-0.39, 0.29) is 5.82 Å². The molecule has 102 valence electrons. The Morgan fingerprint density at radius 2 is 2.22 bits per heavy atom. The molecule has 6 nitrogen and oxygen atoms in total. The number of nitrogens with zero attached hydrogens (tertiary/aromatic N) is 2. The molecule has 0 aliphatic rings. The van der Waals surface area contributed by atoms with Gasteiger partial charge in [0.25, 0.3) is 0 Å². The van der Waals surface area contributed by atoms with E-state index >= 15 is 0 Å². The van der Waals surface area contributed by atoms with Crippen LogP contribution in [0.15, 0.2) is 22.8 Å². The van der Waals surface area contributed by atoms with E-state index in [2.05, 4.69) is 31.0 Å². The zero-order chi connectivity index (χ0) is 13.6. The number of aromatic nitrogens is 1. The molecule has 0 aliphatic carbocycles. The Bertz CT molecular complexity index is 481. The van der Waals surface area contributed by atoms with Crippen molar-refractivity contribution in [2.24, 2.45) is 0 Å². The lowest BCUT2D eigenvalue weighted by molar-refractivity contribution is 0.462. The van der Waals surface area contributed by atoms with Crippen molar-refractivity contribution in [2.45, 2.75) is 6.42 Å².